The van der Waals surface area contributed by atoms with Crippen molar-refractivity contribution >= 4 is 5.91 Å². The van der Waals surface area contributed by atoms with E-state index in [1.54, 1.807) is 0 Å². The second-order valence-electron chi connectivity index (χ2n) is 8.05. The molecular weight excluding hydrogens is 310 g/mol. The molecule has 1 atom stereocenters. The normalized spacial score (nSPS) is 20.3. The van der Waals surface area contributed by atoms with Gasteiger partial charge in [0.1, 0.15) is 0 Å². The van der Waals surface area contributed by atoms with Crippen molar-refractivity contribution in [2.75, 3.05) is 39.8 Å². The van der Waals surface area contributed by atoms with Crippen LogP contribution in [0, 0.1) is 5.92 Å². The van der Waals surface area contributed by atoms with Gasteiger partial charge in [-0.1, -0.05) is 19.9 Å². The van der Waals surface area contributed by atoms with Crippen LogP contribution in [-0.2, 0) is 12.8 Å². The fourth-order valence-corrected chi connectivity index (χ4v) is 4.11. The average molecular weight is 344 g/mol. The van der Waals surface area contributed by atoms with Crippen molar-refractivity contribution in [3.05, 3.63) is 34.9 Å². The standard InChI is InChI=1S/C21H33N3O/c1-16(2)20(24-12-10-23(3)11-13-24)15-22-21(25)19-9-8-17-6-4-5-7-18(17)14-19/h8-9,14,16,20H,4-7,10-13,15H2,1-3H3,(H,22,25)/t20-/m0/s1. The highest BCUT2D eigenvalue weighted by Gasteiger charge is 2.25. The summed E-state index contributed by atoms with van der Waals surface area (Å²) in [7, 11) is 2.18. The molecule has 0 saturated carbocycles. The fourth-order valence-electron chi connectivity index (χ4n) is 4.11. The van der Waals surface area contributed by atoms with Gasteiger partial charge in [0.25, 0.3) is 5.91 Å². The number of carbonyl (C=O) groups is 1. The number of nitrogens with one attached hydrogen (secondary N) is 1. The van der Waals surface area contributed by atoms with Crippen LogP contribution in [0.5, 0.6) is 0 Å². The lowest BCUT2D eigenvalue weighted by Crippen LogP contribution is -2.54. The second kappa shape index (κ2) is 8.33. The van der Waals surface area contributed by atoms with Gasteiger partial charge in [-0.15, -0.1) is 0 Å². The molecule has 0 radical (unpaired) electrons. The number of benzene rings is 1. The van der Waals surface area contributed by atoms with E-state index >= 15 is 0 Å². The molecule has 25 heavy (non-hydrogen) atoms. The summed E-state index contributed by atoms with van der Waals surface area (Å²) in [6, 6.07) is 6.68. The SMILES string of the molecule is CC(C)[C@H](CNC(=O)c1ccc2c(c1)CCCC2)N1CCN(C)CC1. The zero-order valence-electron chi connectivity index (χ0n) is 16.1. The van der Waals surface area contributed by atoms with Crippen molar-refractivity contribution in [2.24, 2.45) is 5.92 Å². The van der Waals surface area contributed by atoms with Gasteiger partial charge >= 0.3 is 0 Å². The lowest BCUT2D eigenvalue weighted by Gasteiger charge is -2.39. The van der Waals surface area contributed by atoms with Gasteiger partial charge in [-0.05, 0) is 61.9 Å². The first-order valence-electron chi connectivity index (χ1n) is 9.87. The van der Waals surface area contributed by atoms with Crippen LogP contribution in [-0.4, -0.2) is 61.5 Å². The molecule has 0 spiro atoms. The first-order valence-corrected chi connectivity index (χ1v) is 9.87. The molecule has 1 fully saturated rings. The Hall–Kier alpha value is -1.39. The van der Waals surface area contributed by atoms with Crippen LogP contribution in [0.3, 0.4) is 0 Å². The number of fused-ring (bicyclic) bond motifs is 1. The van der Waals surface area contributed by atoms with E-state index in [0.717, 1.165) is 51.1 Å². The molecule has 4 heteroatoms. The number of likely N-dealkylation sites (N-methyl/N-ethyl adjacent to an activating group) is 1. The fraction of sp³-hybridized carbons (Fsp3) is 0.667. The van der Waals surface area contributed by atoms with Crippen LogP contribution >= 0.6 is 0 Å². The number of nitrogens with zero attached hydrogens (tertiary/aromatic N) is 2. The Morgan fingerprint density at radius 3 is 2.44 bits per heavy atom. The Morgan fingerprint density at radius 1 is 1.08 bits per heavy atom. The summed E-state index contributed by atoms with van der Waals surface area (Å²) in [5.41, 5.74) is 3.63. The Labute approximate surface area is 152 Å². The number of hydrogen-bond donors (Lipinski definition) is 1. The number of carbonyl (C=O) groups excluding carboxylic acids is 1. The number of hydrogen-bond acceptors (Lipinski definition) is 3. The van der Waals surface area contributed by atoms with E-state index < -0.39 is 0 Å². The van der Waals surface area contributed by atoms with E-state index in [2.05, 4.69) is 48.1 Å². The van der Waals surface area contributed by atoms with Gasteiger partial charge in [-0.25, -0.2) is 0 Å². The maximum absolute atomic E-state index is 12.7. The predicted octanol–water partition coefficient (Wildman–Crippen LogP) is 2.57. The number of amides is 1. The van der Waals surface area contributed by atoms with Crippen LogP contribution in [0.25, 0.3) is 0 Å². The van der Waals surface area contributed by atoms with Crippen molar-refractivity contribution in [1.29, 1.82) is 0 Å². The molecule has 3 rings (SSSR count). The third kappa shape index (κ3) is 4.62. The molecule has 0 aromatic heterocycles. The Morgan fingerprint density at radius 2 is 1.76 bits per heavy atom. The minimum Gasteiger partial charge on any atom is -0.350 e. The van der Waals surface area contributed by atoms with E-state index in [1.807, 2.05) is 6.07 Å². The molecule has 1 aliphatic heterocycles. The molecule has 0 bridgehead atoms. The van der Waals surface area contributed by atoms with Crippen LogP contribution in [0.15, 0.2) is 18.2 Å². The smallest absolute Gasteiger partial charge is 0.251 e. The van der Waals surface area contributed by atoms with Gasteiger partial charge in [-0.2, -0.15) is 0 Å². The first-order chi connectivity index (χ1) is 12.0. The average Bonchev–Trinajstić information content (AvgIpc) is 2.62. The summed E-state index contributed by atoms with van der Waals surface area (Å²) in [5.74, 6) is 0.611. The minimum absolute atomic E-state index is 0.0770. The summed E-state index contributed by atoms with van der Waals surface area (Å²) >= 11 is 0. The van der Waals surface area contributed by atoms with Gasteiger partial charge in [0, 0.05) is 44.3 Å². The first kappa shape index (κ1) is 18.4. The summed E-state index contributed by atoms with van der Waals surface area (Å²) in [4.78, 5) is 17.6. The Bertz CT molecular complexity index is 591. The predicted molar refractivity (Wildman–Crippen MR) is 103 cm³/mol. The maximum atomic E-state index is 12.7. The summed E-state index contributed by atoms with van der Waals surface area (Å²) in [5, 5.41) is 3.20. The highest BCUT2D eigenvalue weighted by Crippen LogP contribution is 2.22. The molecule has 1 aromatic carbocycles. The van der Waals surface area contributed by atoms with Gasteiger partial charge < -0.3 is 10.2 Å². The maximum Gasteiger partial charge on any atom is 0.251 e. The summed E-state index contributed by atoms with van der Waals surface area (Å²) in [6.07, 6.45) is 4.80. The molecular formula is C21H33N3O. The lowest BCUT2D eigenvalue weighted by atomic mass is 9.90. The van der Waals surface area contributed by atoms with Gasteiger partial charge in [0.15, 0.2) is 0 Å². The Kier molecular flexibility index (Phi) is 6.13. The zero-order valence-corrected chi connectivity index (χ0v) is 16.1. The topological polar surface area (TPSA) is 35.6 Å². The molecule has 0 unspecified atom stereocenters. The molecule has 1 N–H and O–H groups in total. The van der Waals surface area contributed by atoms with E-state index in [1.165, 1.54) is 24.0 Å². The van der Waals surface area contributed by atoms with Crippen LogP contribution in [0.1, 0.15) is 48.2 Å². The lowest BCUT2D eigenvalue weighted by molar-refractivity contribution is 0.0791. The summed E-state index contributed by atoms with van der Waals surface area (Å²) < 4.78 is 0. The Balaban J connectivity index is 1.59. The highest BCUT2D eigenvalue weighted by atomic mass is 16.1. The molecule has 1 amide bonds. The van der Waals surface area contributed by atoms with E-state index in [0.29, 0.717) is 12.0 Å². The quantitative estimate of drug-likeness (QED) is 0.892. The number of piperazine rings is 1. The second-order valence-corrected chi connectivity index (χ2v) is 8.05. The van der Waals surface area contributed by atoms with Crippen molar-refractivity contribution in [2.45, 2.75) is 45.6 Å². The molecule has 1 saturated heterocycles. The van der Waals surface area contributed by atoms with E-state index in [4.69, 9.17) is 0 Å². The van der Waals surface area contributed by atoms with Crippen LogP contribution in [0.4, 0.5) is 0 Å². The van der Waals surface area contributed by atoms with E-state index in [-0.39, 0.29) is 5.91 Å². The number of aryl methyl sites for hydroxylation is 2. The largest absolute Gasteiger partial charge is 0.350 e. The minimum atomic E-state index is 0.0770. The van der Waals surface area contributed by atoms with Crippen molar-refractivity contribution in [3.63, 3.8) is 0 Å². The molecule has 1 aromatic rings. The van der Waals surface area contributed by atoms with Crippen LogP contribution in [0.2, 0.25) is 0 Å². The van der Waals surface area contributed by atoms with Gasteiger partial charge in [0.05, 0.1) is 0 Å². The molecule has 138 valence electrons. The van der Waals surface area contributed by atoms with E-state index in [9.17, 15) is 4.79 Å². The van der Waals surface area contributed by atoms with Gasteiger partial charge in [0.2, 0.25) is 0 Å². The van der Waals surface area contributed by atoms with Crippen molar-refractivity contribution in [3.8, 4) is 0 Å². The molecule has 1 aliphatic carbocycles. The molecule has 2 aliphatic rings. The zero-order chi connectivity index (χ0) is 17.8. The van der Waals surface area contributed by atoms with Crippen molar-refractivity contribution in [1.82, 2.24) is 15.1 Å². The van der Waals surface area contributed by atoms with Crippen molar-refractivity contribution < 1.29 is 4.79 Å². The third-order valence-corrected chi connectivity index (χ3v) is 5.86. The molecule has 4 nitrogen and oxygen atoms in total. The van der Waals surface area contributed by atoms with Gasteiger partial charge in [-0.3, -0.25) is 9.69 Å². The third-order valence-electron chi connectivity index (χ3n) is 5.86. The number of rotatable bonds is 5. The van der Waals surface area contributed by atoms with Crippen LogP contribution < -0.4 is 5.32 Å². The molecule has 1 heterocycles. The highest BCUT2D eigenvalue weighted by molar-refractivity contribution is 5.94. The summed E-state index contributed by atoms with van der Waals surface area (Å²) in [6.45, 7) is 9.66. The monoisotopic (exact) mass is 343 g/mol.